The van der Waals surface area contributed by atoms with Crippen LogP contribution in [0, 0.1) is 0 Å². The van der Waals surface area contributed by atoms with E-state index in [0.29, 0.717) is 23.4 Å². The fraction of sp³-hybridized carbons (Fsp3) is 0.583. The van der Waals surface area contributed by atoms with E-state index in [0.717, 1.165) is 24.3 Å². The van der Waals surface area contributed by atoms with E-state index in [1.54, 1.807) is 20.2 Å². The third-order valence-corrected chi connectivity index (χ3v) is 5.75. The molecule has 0 saturated heterocycles. The summed E-state index contributed by atoms with van der Waals surface area (Å²) >= 11 is 6.77. The van der Waals surface area contributed by atoms with Crippen molar-refractivity contribution in [2.45, 2.75) is 10.6 Å². The van der Waals surface area contributed by atoms with Gasteiger partial charge in [-0.1, -0.05) is 11.6 Å². The van der Waals surface area contributed by atoms with Gasteiger partial charge in [-0.2, -0.15) is 0 Å². The molecule has 0 fully saturated rings. The Morgan fingerprint density at radius 1 is 1.32 bits per heavy atom. The first-order valence-electron chi connectivity index (χ1n) is 6.68. The molecular weight excluding hydrogens is 348 g/mol. The van der Waals surface area contributed by atoms with E-state index in [9.17, 15) is 8.42 Å². The van der Waals surface area contributed by atoms with Gasteiger partial charge in [0.25, 0.3) is 0 Å². The van der Waals surface area contributed by atoms with Crippen LogP contribution in [0.15, 0.2) is 21.3 Å². The first-order chi connectivity index (χ1) is 10.5. The Hall–Kier alpha value is -0.870. The molecule has 0 aliphatic carbocycles. The highest BCUT2D eigenvalue weighted by atomic mass is 35.5. The van der Waals surface area contributed by atoms with Gasteiger partial charge >= 0.3 is 0 Å². The number of sulfonamides is 1. The van der Waals surface area contributed by atoms with E-state index >= 15 is 0 Å². The van der Waals surface area contributed by atoms with Crippen molar-refractivity contribution in [3.05, 3.63) is 16.5 Å². The van der Waals surface area contributed by atoms with Crippen LogP contribution in [0.3, 0.4) is 0 Å². The number of halogens is 1. The van der Waals surface area contributed by atoms with E-state index in [1.165, 1.54) is 6.07 Å². The van der Waals surface area contributed by atoms with Gasteiger partial charge in [-0.05, 0) is 18.6 Å². The highest BCUT2D eigenvalue weighted by Crippen LogP contribution is 2.24. The second-order valence-corrected chi connectivity index (χ2v) is 7.94. The number of aliphatic imine (C=N–C) groups is 1. The number of nitrogens with zero attached hydrogens (tertiary/aromatic N) is 1. The molecule has 1 aromatic heterocycles. The van der Waals surface area contributed by atoms with Crippen LogP contribution in [-0.4, -0.2) is 54.8 Å². The fourth-order valence-corrected chi connectivity index (χ4v) is 4.08. The molecule has 1 heterocycles. The molecule has 0 aliphatic rings. The van der Waals surface area contributed by atoms with Gasteiger partial charge < -0.3 is 15.4 Å². The molecule has 0 aromatic carbocycles. The first-order valence-corrected chi connectivity index (χ1v) is 9.36. The van der Waals surface area contributed by atoms with Gasteiger partial charge in [0.2, 0.25) is 10.0 Å². The summed E-state index contributed by atoms with van der Waals surface area (Å²) in [5, 5.41) is 6.13. The van der Waals surface area contributed by atoms with Crippen molar-refractivity contribution in [2.24, 2.45) is 4.99 Å². The number of thiophene rings is 1. The smallest absolute Gasteiger partial charge is 0.250 e. The average molecular weight is 369 g/mol. The van der Waals surface area contributed by atoms with Crippen molar-refractivity contribution in [3.8, 4) is 0 Å². The lowest BCUT2D eigenvalue weighted by Gasteiger charge is -2.12. The Kier molecular flexibility index (Phi) is 8.72. The molecule has 0 radical (unpaired) electrons. The molecule has 0 amide bonds. The summed E-state index contributed by atoms with van der Waals surface area (Å²) in [6.07, 6.45) is 0.864. The maximum atomic E-state index is 12.0. The first kappa shape index (κ1) is 19.2. The molecule has 10 heteroatoms. The topological polar surface area (TPSA) is 91.8 Å². The molecule has 126 valence electrons. The van der Waals surface area contributed by atoms with Crippen LogP contribution in [0.1, 0.15) is 6.42 Å². The minimum absolute atomic E-state index is 0.208. The van der Waals surface area contributed by atoms with Crippen LogP contribution < -0.4 is 15.4 Å². The summed E-state index contributed by atoms with van der Waals surface area (Å²) in [4.78, 5) is 4.04. The molecule has 0 spiro atoms. The van der Waals surface area contributed by atoms with Gasteiger partial charge in [0, 0.05) is 40.4 Å². The zero-order valence-corrected chi connectivity index (χ0v) is 14.9. The molecule has 0 unspecified atom stereocenters. The van der Waals surface area contributed by atoms with Gasteiger partial charge in [0.1, 0.15) is 4.21 Å². The minimum atomic E-state index is -3.50. The lowest BCUT2D eigenvalue weighted by atomic mass is 10.4. The number of nitrogens with one attached hydrogen (secondary N) is 3. The second kappa shape index (κ2) is 10.0. The van der Waals surface area contributed by atoms with E-state index in [2.05, 4.69) is 20.3 Å². The molecule has 0 saturated carbocycles. The number of hydrogen-bond donors (Lipinski definition) is 3. The molecule has 3 N–H and O–H groups in total. The summed E-state index contributed by atoms with van der Waals surface area (Å²) in [5.41, 5.74) is 0. The predicted octanol–water partition coefficient (Wildman–Crippen LogP) is 0.881. The van der Waals surface area contributed by atoms with Gasteiger partial charge in [0.05, 0.1) is 4.34 Å². The predicted molar refractivity (Wildman–Crippen MR) is 90.4 cm³/mol. The Morgan fingerprint density at radius 3 is 2.64 bits per heavy atom. The number of ether oxygens (including phenoxy) is 1. The molecule has 1 rings (SSSR count). The van der Waals surface area contributed by atoms with Crippen molar-refractivity contribution in [1.82, 2.24) is 15.4 Å². The van der Waals surface area contributed by atoms with Crippen LogP contribution in [0.5, 0.6) is 0 Å². The van der Waals surface area contributed by atoms with Gasteiger partial charge in [-0.3, -0.25) is 4.99 Å². The summed E-state index contributed by atoms with van der Waals surface area (Å²) in [7, 11) is -0.192. The van der Waals surface area contributed by atoms with Crippen LogP contribution in [0.25, 0.3) is 0 Å². The minimum Gasteiger partial charge on any atom is -0.385 e. The molecule has 1 aromatic rings. The molecule has 7 nitrogen and oxygen atoms in total. The summed E-state index contributed by atoms with van der Waals surface area (Å²) in [6.45, 7) is 2.07. The van der Waals surface area contributed by atoms with Crippen LogP contribution in [-0.2, 0) is 14.8 Å². The Bertz CT molecular complexity index is 575. The largest absolute Gasteiger partial charge is 0.385 e. The molecule has 22 heavy (non-hydrogen) atoms. The van der Waals surface area contributed by atoms with Crippen molar-refractivity contribution < 1.29 is 13.2 Å². The highest BCUT2D eigenvalue weighted by molar-refractivity contribution is 7.91. The fourth-order valence-electron chi connectivity index (χ4n) is 1.52. The van der Waals surface area contributed by atoms with Crippen molar-refractivity contribution in [1.29, 1.82) is 0 Å². The van der Waals surface area contributed by atoms with Gasteiger partial charge in [-0.25, -0.2) is 13.1 Å². The van der Waals surface area contributed by atoms with E-state index in [4.69, 9.17) is 16.3 Å². The van der Waals surface area contributed by atoms with E-state index in [1.807, 2.05) is 0 Å². The Morgan fingerprint density at radius 2 is 2.05 bits per heavy atom. The van der Waals surface area contributed by atoms with E-state index < -0.39 is 10.0 Å². The standard InChI is InChI=1S/C12H21ClN4O3S2/c1-14-12(15-6-3-9-20-2)16-7-8-17-22(18,19)11-5-4-10(13)21-11/h4-5,17H,3,6-9H2,1-2H3,(H2,14,15,16). The summed E-state index contributed by atoms with van der Waals surface area (Å²) < 4.78 is 32.0. The second-order valence-electron chi connectivity index (χ2n) is 4.23. The lowest BCUT2D eigenvalue weighted by Crippen LogP contribution is -2.41. The van der Waals surface area contributed by atoms with Gasteiger partial charge in [0.15, 0.2) is 5.96 Å². The van der Waals surface area contributed by atoms with Crippen LogP contribution >= 0.6 is 22.9 Å². The average Bonchev–Trinajstić information content (AvgIpc) is 2.93. The number of hydrogen-bond acceptors (Lipinski definition) is 5. The third-order valence-electron chi connectivity index (χ3n) is 2.56. The summed E-state index contributed by atoms with van der Waals surface area (Å²) in [6, 6.07) is 3.05. The zero-order chi connectivity index (χ0) is 16.4. The Labute approximate surface area is 140 Å². The Balaban J connectivity index is 2.28. The molecule has 0 aliphatic heterocycles. The monoisotopic (exact) mass is 368 g/mol. The quantitative estimate of drug-likeness (QED) is 0.342. The highest BCUT2D eigenvalue weighted by Gasteiger charge is 2.15. The van der Waals surface area contributed by atoms with Crippen molar-refractivity contribution in [3.63, 3.8) is 0 Å². The lowest BCUT2D eigenvalue weighted by molar-refractivity contribution is 0.195. The SMILES string of the molecule is CN=C(NCCCOC)NCCNS(=O)(=O)c1ccc(Cl)s1. The third kappa shape index (κ3) is 6.93. The maximum absolute atomic E-state index is 12.0. The normalized spacial score (nSPS) is 12.4. The van der Waals surface area contributed by atoms with E-state index in [-0.39, 0.29) is 10.8 Å². The summed E-state index contributed by atoms with van der Waals surface area (Å²) in [5.74, 6) is 0.620. The van der Waals surface area contributed by atoms with Crippen molar-refractivity contribution in [2.75, 3.05) is 40.4 Å². The van der Waals surface area contributed by atoms with Gasteiger partial charge in [-0.15, -0.1) is 11.3 Å². The van der Waals surface area contributed by atoms with Crippen LogP contribution in [0.2, 0.25) is 4.34 Å². The maximum Gasteiger partial charge on any atom is 0.250 e. The molecular formula is C12H21ClN4O3S2. The number of methoxy groups -OCH3 is 1. The zero-order valence-electron chi connectivity index (χ0n) is 12.6. The number of guanidine groups is 1. The molecule has 0 bridgehead atoms. The van der Waals surface area contributed by atoms with Crippen LogP contribution in [0.4, 0.5) is 0 Å². The number of rotatable bonds is 9. The molecule has 0 atom stereocenters. The van der Waals surface area contributed by atoms with Crippen molar-refractivity contribution >= 4 is 38.9 Å².